The van der Waals surface area contributed by atoms with E-state index in [-0.39, 0.29) is 10.6 Å². The van der Waals surface area contributed by atoms with Gasteiger partial charge in [0.2, 0.25) is 0 Å². The highest BCUT2D eigenvalue weighted by atomic mass is 16.6. The van der Waals surface area contributed by atoms with Gasteiger partial charge in [-0.05, 0) is 19.0 Å². The number of nitro benzene ring substituents is 1. The molecule has 0 spiro atoms. The number of unbranched alkanes of at least 4 members (excludes halogenated alkanes) is 3. The van der Waals surface area contributed by atoms with Crippen molar-refractivity contribution in [1.82, 2.24) is 4.90 Å². The Hall–Kier alpha value is -1.62. The van der Waals surface area contributed by atoms with Crippen LogP contribution in [0, 0.1) is 10.1 Å². The van der Waals surface area contributed by atoms with Crippen molar-refractivity contribution in [3.8, 4) is 0 Å². The van der Waals surface area contributed by atoms with Gasteiger partial charge in [0.05, 0.1) is 4.92 Å². The minimum absolute atomic E-state index is 0.175. The molecular weight excluding hydrogens is 266 g/mol. The van der Waals surface area contributed by atoms with Crippen LogP contribution in [0.2, 0.25) is 0 Å². The standard InChI is InChI=1S/C16H25N3O2/c1-2-3-4-5-9-17-10-12-18(13-11-17)15-7-6-8-16(14-15)19(20)21/h6-8,14H,2-5,9-13H2,1H3. The van der Waals surface area contributed by atoms with Gasteiger partial charge in [-0.25, -0.2) is 0 Å². The van der Waals surface area contributed by atoms with Gasteiger partial charge in [0.1, 0.15) is 0 Å². The lowest BCUT2D eigenvalue weighted by Gasteiger charge is -2.36. The van der Waals surface area contributed by atoms with Crippen LogP contribution >= 0.6 is 0 Å². The van der Waals surface area contributed by atoms with Crippen molar-refractivity contribution in [1.29, 1.82) is 0 Å². The second kappa shape index (κ2) is 7.98. The number of nitro groups is 1. The lowest BCUT2D eigenvalue weighted by atomic mass is 10.2. The minimum Gasteiger partial charge on any atom is -0.369 e. The van der Waals surface area contributed by atoms with Crippen LogP contribution in [0.15, 0.2) is 24.3 Å². The van der Waals surface area contributed by atoms with E-state index in [4.69, 9.17) is 0 Å². The van der Waals surface area contributed by atoms with Gasteiger partial charge < -0.3 is 4.90 Å². The van der Waals surface area contributed by atoms with Crippen LogP contribution in [0.25, 0.3) is 0 Å². The molecule has 0 radical (unpaired) electrons. The zero-order valence-electron chi connectivity index (χ0n) is 12.8. The van der Waals surface area contributed by atoms with Gasteiger partial charge in [0.25, 0.3) is 5.69 Å². The van der Waals surface area contributed by atoms with Crippen LogP contribution in [0.4, 0.5) is 11.4 Å². The molecule has 0 saturated carbocycles. The molecule has 0 atom stereocenters. The van der Waals surface area contributed by atoms with Gasteiger partial charge in [-0.1, -0.05) is 32.3 Å². The van der Waals surface area contributed by atoms with E-state index < -0.39 is 0 Å². The Bertz CT molecular complexity index is 457. The van der Waals surface area contributed by atoms with Crippen molar-refractivity contribution in [2.24, 2.45) is 0 Å². The third kappa shape index (κ3) is 4.70. The Morgan fingerprint density at radius 2 is 1.90 bits per heavy atom. The van der Waals surface area contributed by atoms with Crippen LogP contribution in [0.5, 0.6) is 0 Å². The van der Waals surface area contributed by atoms with Crippen LogP contribution in [-0.2, 0) is 0 Å². The monoisotopic (exact) mass is 291 g/mol. The minimum atomic E-state index is -0.326. The van der Waals surface area contributed by atoms with Crippen LogP contribution in [0.3, 0.4) is 0 Å². The maximum Gasteiger partial charge on any atom is 0.271 e. The molecule has 5 nitrogen and oxygen atoms in total. The average Bonchev–Trinajstić information content (AvgIpc) is 2.52. The lowest BCUT2D eigenvalue weighted by Crippen LogP contribution is -2.46. The van der Waals surface area contributed by atoms with Gasteiger partial charge >= 0.3 is 0 Å². The topological polar surface area (TPSA) is 49.6 Å². The highest BCUT2D eigenvalue weighted by molar-refractivity contribution is 5.53. The summed E-state index contributed by atoms with van der Waals surface area (Å²) in [5.41, 5.74) is 1.14. The summed E-state index contributed by atoms with van der Waals surface area (Å²) in [6, 6.07) is 6.96. The summed E-state index contributed by atoms with van der Waals surface area (Å²) in [6.07, 6.45) is 5.21. The Labute approximate surface area is 126 Å². The summed E-state index contributed by atoms with van der Waals surface area (Å²) in [7, 11) is 0. The third-order valence-corrected chi connectivity index (χ3v) is 4.11. The number of hydrogen-bond donors (Lipinski definition) is 0. The lowest BCUT2D eigenvalue weighted by molar-refractivity contribution is -0.384. The number of rotatable bonds is 7. The molecule has 1 heterocycles. The predicted molar refractivity (Wildman–Crippen MR) is 85.9 cm³/mol. The molecule has 0 aliphatic carbocycles. The normalized spacial score (nSPS) is 16.1. The van der Waals surface area contributed by atoms with Crippen LogP contribution in [0.1, 0.15) is 32.6 Å². The van der Waals surface area contributed by atoms with Crippen molar-refractivity contribution >= 4 is 11.4 Å². The van der Waals surface area contributed by atoms with Gasteiger partial charge in [0.15, 0.2) is 0 Å². The second-order valence-electron chi connectivity index (χ2n) is 5.67. The molecule has 2 rings (SSSR count). The van der Waals surface area contributed by atoms with Crippen LogP contribution in [-0.4, -0.2) is 42.5 Å². The summed E-state index contributed by atoms with van der Waals surface area (Å²) in [6.45, 7) is 7.42. The molecule has 21 heavy (non-hydrogen) atoms. The van der Waals surface area contributed by atoms with E-state index in [0.29, 0.717) is 0 Å². The molecule has 1 aliphatic heterocycles. The molecular formula is C16H25N3O2. The molecule has 0 N–H and O–H groups in total. The molecule has 1 aromatic carbocycles. The van der Waals surface area contributed by atoms with E-state index in [1.807, 2.05) is 6.07 Å². The van der Waals surface area contributed by atoms with E-state index in [1.165, 1.54) is 32.2 Å². The molecule has 1 aromatic rings. The van der Waals surface area contributed by atoms with Crippen LogP contribution < -0.4 is 4.90 Å². The first-order valence-electron chi connectivity index (χ1n) is 7.92. The number of anilines is 1. The summed E-state index contributed by atoms with van der Waals surface area (Å²) < 4.78 is 0. The van der Waals surface area contributed by atoms with Crippen molar-refractivity contribution in [2.45, 2.75) is 32.6 Å². The van der Waals surface area contributed by atoms with Gasteiger partial charge in [-0.2, -0.15) is 0 Å². The zero-order chi connectivity index (χ0) is 15.1. The van der Waals surface area contributed by atoms with Crippen molar-refractivity contribution in [3.63, 3.8) is 0 Å². The fourth-order valence-electron chi connectivity index (χ4n) is 2.80. The van der Waals surface area contributed by atoms with Crippen molar-refractivity contribution in [3.05, 3.63) is 34.4 Å². The summed E-state index contributed by atoms with van der Waals surface area (Å²) in [5.74, 6) is 0. The van der Waals surface area contributed by atoms with Gasteiger partial charge in [-0.15, -0.1) is 0 Å². The first-order valence-corrected chi connectivity index (χ1v) is 7.92. The summed E-state index contributed by atoms with van der Waals surface area (Å²) >= 11 is 0. The number of non-ortho nitro benzene ring substituents is 1. The molecule has 1 fully saturated rings. The number of nitrogens with zero attached hydrogens (tertiary/aromatic N) is 3. The molecule has 1 saturated heterocycles. The number of benzene rings is 1. The Morgan fingerprint density at radius 3 is 2.57 bits per heavy atom. The Kier molecular flexibility index (Phi) is 5.99. The molecule has 1 aliphatic rings. The first-order chi connectivity index (χ1) is 10.2. The van der Waals surface area contributed by atoms with E-state index in [1.54, 1.807) is 18.2 Å². The fraction of sp³-hybridized carbons (Fsp3) is 0.625. The number of piperazine rings is 1. The largest absolute Gasteiger partial charge is 0.369 e. The molecule has 0 aromatic heterocycles. The van der Waals surface area contributed by atoms with Gasteiger partial charge in [-0.3, -0.25) is 15.0 Å². The van der Waals surface area contributed by atoms with E-state index in [9.17, 15) is 10.1 Å². The number of hydrogen-bond acceptors (Lipinski definition) is 4. The highest BCUT2D eigenvalue weighted by Crippen LogP contribution is 2.22. The quantitative estimate of drug-likeness (QED) is 0.439. The highest BCUT2D eigenvalue weighted by Gasteiger charge is 2.18. The predicted octanol–water partition coefficient (Wildman–Crippen LogP) is 3.30. The molecule has 116 valence electrons. The van der Waals surface area contributed by atoms with Crippen molar-refractivity contribution in [2.75, 3.05) is 37.6 Å². The molecule has 5 heteroatoms. The smallest absolute Gasteiger partial charge is 0.271 e. The summed E-state index contributed by atoms with van der Waals surface area (Å²) in [5, 5.41) is 10.8. The SMILES string of the molecule is CCCCCCN1CCN(c2cccc([N+](=O)[O-])c2)CC1. The second-order valence-corrected chi connectivity index (χ2v) is 5.67. The first kappa shape index (κ1) is 15.8. The molecule has 0 amide bonds. The Balaban J connectivity index is 1.81. The fourth-order valence-corrected chi connectivity index (χ4v) is 2.80. The average molecular weight is 291 g/mol. The Morgan fingerprint density at radius 1 is 1.14 bits per heavy atom. The maximum atomic E-state index is 10.8. The van der Waals surface area contributed by atoms with Crippen molar-refractivity contribution < 1.29 is 4.92 Å². The third-order valence-electron chi connectivity index (χ3n) is 4.11. The molecule has 0 bridgehead atoms. The molecule has 0 unspecified atom stereocenters. The van der Waals surface area contributed by atoms with E-state index >= 15 is 0 Å². The zero-order valence-corrected chi connectivity index (χ0v) is 12.8. The maximum absolute atomic E-state index is 10.8. The van der Waals surface area contributed by atoms with E-state index in [2.05, 4.69) is 16.7 Å². The van der Waals surface area contributed by atoms with E-state index in [0.717, 1.165) is 31.9 Å². The summed E-state index contributed by atoms with van der Waals surface area (Å²) in [4.78, 5) is 15.3. The van der Waals surface area contributed by atoms with Gasteiger partial charge in [0, 0.05) is 44.0 Å².